The Labute approximate surface area is 134 Å². The fourth-order valence-electron chi connectivity index (χ4n) is 1.77. The molecule has 0 aliphatic heterocycles. The molecular formula is C13H15F3N2O4S. The molecule has 0 aliphatic rings. The molecule has 0 saturated heterocycles. The van der Waals surface area contributed by atoms with Gasteiger partial charge in [-0.2, -0.15) is 13.2 Å². The Hall–Kier alpha value is -1.97. The fourth-order valence-corrected chi connectivity index (χ4v) is 2.34. The summed E-state index contributed by atoms with van der Waals surface area (Å²) in [5.41, 5.74) is -5.17. The normalized spacial score (nSPS) is 11.2. The third kappa shape index (κ3) is 5.97. The molecule has 0 aliphatic carbocycles. The summed E-state index contributed by atoms with van der Waals surface area (Å²) in [5, 5.41) is 11.0. The van der Waals surface area contributed by atoms with Crippen molar-refractivity contribution in [1.82, 2.24) is 4.90 Å². The summed E-state index contributed by atoms with van der Waals surface area (Å²) in [5.74, 6) is -0.611. The SMILES string of the molecule is CCN(CC)C(=O)COc1ccc(SC(F)(F)F)cc1[N+](=O)[O-]. The molecule has 0 bridgehead atoms. The number of nitro benzene ring substituents is 1. The van der Waals surface area contributed by atoms with Crippen molar-refractivity contribution in [3.63, 3.8) is 0 Å². The molecule has 1 amide bonds. The highest BCUT2D eigenvalue weighted by Crippen LogP contribution is 2.40. The molecule has 1 rings (SSSR count). The first-order valence-electron chi connectivity index (χ1n) is 6.62. The highest BCUT2D eigenvalue weighted by Gasteiger charge is 2.30. The second-order valence-electron chi connectivity index (χ2n) is 4.29. The van der Waals surface area contributed by atoms with Gasteiger partial charge in [-0.15, -0.1) is 0 Å². The van der Waals surface area contributed by atoms with Gasteiger partial charge in [0.05, 0.1) is 4.92 Å². The number of ether oxygens (including phenoxy) is 1. The van der Waals surface area contributed by atoms with Crippen LogP contribution < -0.4 is 4.74 Å². The van der Waals surface area contributed by atoms with Crippen LogP contribution >= 0.6 is 11.8 Å². The van der Waals surface area contributed by atoms with Crippen LogP contribution in [0.4, 0.5) is 18.9 Å². The zero-order valence-electron chi connectivity index (χ0n) is 12.4. The fraction of sp³-hybridized carbons (Fsp3) is 0.462. The van der Waals surface area contributed by atoms with E-state index in [4.69, 9.17) is 4.74 Å². The number of alkyl halides is 3. The number of hydrogen-bond acceptors (Lipinski definition) is 5. The standard InChI is InChI=1S/C13H15F3N2O4S/c1-3-17(4-2)12(19)8-22-11-6-5-9(23-13(14,15)16)7-10(11)18(20)21/h5-7H,3-4,8H2,1-2H3. The largest absolute Gasteiger partial charge is 0.477 e. The number of hydrogen-bond donors (Lipinski definition) is 0. The van der Waals surface area contributed by atoms with Gasteiger partial charge in [-0.1, -0.05) is 0 Å². The maximum atomic E-state index is 12.3. The van der Waals surface area contributed by atoms with E-state index in [1.165, 1.54) is 4.90 Å². The van der Waals surface area contributed by atoms with E-state index in [-0.39, 0.29) is 16.6 Å². The van der Waals surface area contributed by atoms with Gasteiger partial charge in [0.25, 0.3) is 5.91 Å². The predicted octanol–water partition coefficient (Wildman–Crippen LogP) is 3.45. The second kappa shape index (κ2) is 8.04. The van der Waals surface area contributed by atoms with Crippen molar-refractivity contribution in [2.24, 2.45) is 0 Å². The molecule has 23 heavy (non-hydrogen) atoms. The van der Waals surface area contributed by atoms with E-state index in [2.05, 4.69) is 0 Å². The van der Waals surface area contributed by atoms with Crippen molar-refractivity contribution >= 4 is 23.4 Å². The van der Waals surface area contributed by atoms with E-state index in [1.807, 2.05) is 0 Å². The second-order valence-corrected chi connectivity index (χ2v) is 5.43. The average molecular weight is 352 g/mol. The molecule has 0 spiro atoms. The molecule has 0 atom stereocenters. The molecule has 1 aromatic rings. The van der Waals surface area contributed by atoms with Gasteiger partial charge in [0, 0.05) is 24.1 Å². The monoisotopic (exact) mass is 352 g/mol. The molecule has 0 saturated carbocycles. The minimum absolute atomic E-state index is 0.248. The molecule has 1 aromatic carbocycles. The van der Waals surface area contributed by atoms with E-state index in [0.717, 1.165) is 18.2 Å². The van der Waals surface area contributed by atoms with Gasteiger partial charge in [-0.25, -0.2) is 0 Å². The van der Waals surface area contributed by atoms with Gasteiger partial charge in [0.15, 0.2) is 12.4 Å². The molecule has 0 unspecified atom stereocenters. The van der Waals surface area contributed by atoms with Gasteiger partial charge >= 0.3 is 11.2 Å². The number of halogens is 3. The van der Waals surface area contributed by atoms with Crippen LogP contribution in [0.2, 0.25) is 0 Å². The lowest BCUT2D eigenvalue weighted by Gasteiger charge is -2.18. The van der Waals surface area contributed by atoms with Crippen molar-refractivity contribution < 1.29 is 27.6 Å². The van der Waals surface area contributed by atoms with Gasteiger partial charge in [0.1, 0.15) is 0 Å². The minimum atomic E-state index is -4.55. The number of nitrogens with zero attached hydrogens (tertiary/aromatic N) is 2. The maximum Gasteiger partial charge on any atom is 0.446 e. The number of carbonyl (C=O) groups excluding carboxylic acids is 1. The molecule has 0 aromatic heterocycles. The van der Waals surface area contributed by atoms with Crippen molar-refractivity contribution in [1.29, 1.82) is 0 Å². The Morgan fingerprint density at radius 2 is 1.96 bits per heavy atom. The van der Waals surface area contributed by atoms with E-state index in [1.54, 1.807) is 13.8 Å². The molecular weight excluding hydrogens is 337 g/mol. The van der Waals surface area contributed by atoms with Gasteiger partial charge in [0.2, 0.25) is 0 Å². The Morgan fingerprint density at radius 1 is 1.35 bits per heavy atom. The Bertz CT molecular complexity index is 577. The van der Waals surface area contributed by atoms with Crippen molar-refractivity contribution in [3.05, 3.63) is 28.3 Å². The quantitative estimate of drug-likeness (QED) is 0.427. The number of benzene rings is 1. The van der Waals surface area contributed by atoms with E-state index in [9.17, 15) is 28.1 Å². The van der Waals surface area contributed by atoms with Gasteiger partial charge in [-0.3, -0.25) is 14.9 Å². The molecule has 10 heteroatoms. The Kier molecular flexibility index (Phi) is 6.67. The number of rotatable bonds is 7. The first-order chi connectivity index (χ1) is 10.7. The first kappa shape index (κ1) is 19.1. The highest BCUT2D eigenvalue weighted by molar-refractivity contribution is 8.00. The number of amides is 1. The summed E-state index contributed by atoms with van der Waals surface area (Å²) in [6.07, 6.45) is 0. The van der Waals surface area contributed by atoms with Crippen LogP contribution in [0.5, 0.6) is 5.75 Å². The van der Waals surface area contributed by atoms with Crippen LogP contribution in [-0.2, 0) is 4.79 Å². The van der Waals surface area contributed by atoms with Crippen molar-refractivity contribution in [2.45, 2.75) is 24.3 Å². The zero-order chi connectivity index (χ0) is 17.6. The van der Waals surface area contributed by atoms with Crippen LogP contribution in [0.1, 0.15) is 13.8 Å². The van der Waals surface area contributed by atoms with E-state index >= 15 is 0 Å². The van der Waals surface area contributed by atoms with Crippen LogP contribution in [0.3, 0.4) is 0 Å². The summed E-state index contributed by atoms with van der Waals surface area (Å²) in [7, 11) is 0. The minimum Gasteiger partial charge on any atom is -0.477 e. The summed E-state index contributed by atoms with van der Waals surface area (Å²) in [4.78, 5) is 23.1. The maximum absolute atomic E-state index is 12.3. The molecule has 6 nitrogen and oxygen atoms in total. The third-order valence-electron chi connectivity index (χ3n) is 2.83. The lowest BCUT2D eigenvalue weighted by atomic mass is 10.3. The van der Waals surface area contributed by atoms with Gasteiger partial charge < -0.3 is 9.64 Å². The lowest BCUT2D eigenvalue weighted by Crippen LogP contribution is -2.34. The Morgan fingerprint density at radius 3 is 2.43 bits per heavy atom. The van der Waals surface area contributed by atoms with E-state index < -0.39 is 34.5 Å². The summed E-state index contributed by atoms with van der Waals surface area (Å²) in [6.45, 7) is 4.04. The molecule has 0 heterocycles. The smallest absolute Gasteiger partial charge is 0.446 e. The average Bonchev–Trinajstić information content (AvgIpc) is 2.45. The third-order valence-corrected chi connectivity index (χ3v) is 3.55. The summed E-state index contributed by atoms with van der Waals surface area (Å²) < 4.78 is 42.0. The van der Waals surface area contributed by atoms with E-state index in [0.29, 0.717) is 13.1 Å². The number of carbonyl (C=O) groups is 1. The number of likely N-dealkylation sites (N-methyl/N-ethyl adjacent to an activating group) is 1. The zero-order valence-corrected chi connectivity index (χ0v) is 13.2. The van der Waals surface area contributed by atoms with Crippen LogP contribution in [0, 0.1) is 10.1 Å². The number of thioether (sulfide) groups is 1. The number of nitro groups is 1. The van der Waals surface area contributed by atoms with Crippen molar-refractivity contribution in [3.8, 4) is 5.75 Å². The molecule has 0 N–H and O–H groups in total. The first-order valence-corrected chi connectivity index (χ1v) is 7.44. The lowest BCUT2D eigenvalue weighted by molar-refractivity contribution is -0.386. The molecule has 128 valence electrons. The van der Waals surface area contributed by atoms with Gasteiger partial charge in [-0.05, 0) is 37.7 Å². The van der Waals surface area contributed by atoms with Crippen molar-refractivity contribution in [2.75, 3.05) is 19.7 Å². The van der Waals surface area contributed by atoms with Crippen LogP contribution in [0.25, 0.3) is 0 Å². The molecule has 0 radical (unpaired) electrons. The summed E-state index contributed by atoms with van der Waals surface area (Å²) in [6, 6.07) is 2.89. The summed E-state index contributed by atoms with van der Waals surface area (Å²) >= 11 is -0.458. The van der Waals surface area contributed by atoms with Crippen LogP contribution in [0.15, 0.2) is 23.1 Å². The highest BCUT2D eigenvalue weighted by atomic mass is 32.2. The Balaban J connectivity index is 2.90. The topological polar surface area (TPSA) is 72.7 Å². The van der Waals surface area contributed by atoms with Crippen LogP contribution in [-0.4, -0.2) is 40.9 Å². The molecule has 0 fully saturated rings. The predicted molar refractivity (Wildman–Crippen MR) is 78.4 cm³/mol.